The van der Waals surface area contributed by atoms with Crippen LogP contribution in [-0.2, 0) is 6.42 Å². The van der Waals surface area contributed by atoms with Crippen LogP contribution in [0.1, 0.15) is 22.8 Å². The van der Waals surface area contributed by atoms with Crippen LogP contribution >= 0.6 is 0 Å². The van der Waals surface area contributed by atoms with Gasteiger partial charge in [-0.3, -0.25) is 4.79 Å². The molecule has 2 aromatic rings. The number of nitrogens with zero attached hydrogens (tertiary/aromatic N) is 1. The Hall–Kier alpha value is -2.49. The number of rotatable bonds is 4. The van der Waals surface area contributed by atoms with Crippen LogP contribution in [-0.4, -0.2) is 24.9 Å². The van der Waals surface area contributed by atoms with Gasteiger partial charge in [-0.15, -0.1) is 0 Å². The van der Waals surface area contributed by atoms with Crippen LogP contribution in [0, 0.1) is 0 Å². The summed E-state index contributed by atoms with van der Waals surface area (Å²) in [5.74, 6) is 1.06. The summed E-state index contributed by atoms with van der Waals surface area (Å²) in [5.41, 5.74) is 8.04. The van der Waals surface area contributed by atoms with Gasteiger partial charge in [0.2, 0.25) is 0 Å². The lowest BCUT2D eigenvalue weighted by Gasteiger charge is -2.15. The lowest BCUT2D eigenvalue weighted by molar-refractivity contribution is 0.0825. The number of anilines is 1. The molecule has 0 bridgehead atoms. The Kier molecular flexibility index (Phi) is 4.48. The molecule has 0 aliphatic heterocycles. The van der Waals surface area contributed by atoms with E-state index in [0.717, 1.165) is 6.42 Å². The lowest BCUT2D eigenvalue weighted by Crippen LogP contribution is -2.22. The van der Waals surface area contributed by atoms with Gasteiger partial charge in [-0.2, -0.15) is 0 Å². The Morgan fingerprint density at radius 1 is 1.19 bits per heavy atom. The molecule has 0 aromatic heterocycles. The van der Waals surface area contributed by atoms with E-state index in [0.29, 0.717) is 22.7 Å². The molecule has 0 aliphatic carbocycles. The first-order valence-corrected chi connectivity index (χ1v) is 6.89. The minimum atomic E-state index is -0.114. The standard InChI is InChI=1S/C17H20N2O2/c1-4-12-6-5-7-14(10-12)21-16-11-13(18)8-9-15(16)17(20)19(2)3/h5-11H,4,18H2,1-3H3. The number of hydrogen-bond donors (Lipinski definition) is 1. The molecule has 4 nitrogen and oxygen atoms in total. The molecular weight excluding hydrogens is 264 g/mol. The first-order valence-electron chi connectivity index (χ1n) is 6.89. The third-order valence-electron chi connectivity index (χ3n) is 3.18. The Morgan fingerprint density at radius 2 is 1.95 bits per heavy atom. The average molecular weight is 284 g/mol. The summed E-state index contributed by atoms with van der Waals surface area (Å²) in [6.45, 7) is 2.08. The second kappa shape index (κ2) is 6.31. The molecule has 0 saturated heterocycles. The molecule has 0 spiro atoms. The van der Waals surface area contributed by atoms with E-state index in [1.165, 1.54) is 10.5 Å². The Labute approximate surface area is 125 Å². The van der Waals surface area contributed by atoms with E-state index < -0.39 is 0 Å². The van der Waals surface area contributed by atoms with Crippen LogP contribution in [0.4, 0.5) is 5.69 Å². The van der Waals surface area contributed by atoms with Gasteiger partial charge in [-0.25, -0.2) is 0 Å². The summed E-state index contributed by atoms with van der Waals surface area (Å²) < 4.78 is 5.88. The van der Waals surface area contributed by atoms with Crippen molar-refractivity contribution < 1.29 is 9.53 Å². The van der Waals surface area contributed by atoms with Gasteiger partial charge in [-0.1, -0.05) is 19.1 Å². The Balaban J connectivity index is 2.38. The lowest BCUT2D eigenvalue weighted by atomic mass is 10.1. The van der Waals surface area contributed by atoms with Crippen LogP contribution in [0.15, 0.2) is 42.5 Å². The van der Waals surface area contributed by atoms with E-state index in [2.05, 4.69) is 6.92 Å². The van der Waals surface area contributed by atoms with E-state index in [-0.39, 0.29) is 5.91 Å². The van der Waals surface area contributed by atoms with Gasteiger partial charge in [0.15, 0.2) is 0 Å². The highest BCUT2D eigenvalue weighted by Crippen LogP contribution is 2.29. The molecule has 0 unspecified atom stereocenters. The monoisotopic (exact) mass is 284 g/mol. The largest absolute Gasteiger partial charge is 0.456 e. The van der Waals surface area contributed by atoms with Crippen LogP contribution in [0.5, 0.6) is 11.5 Å². The van der Waals surface area contributed by atoms with Gasteiger partial charge < -0.3 is 15.4 Å². The van der Waals surface area contributed by atoms with Crippen molar-refractivity contribution in [3.8, 4) is 11.5 Å². The van der Waals surface area contributed by atoms with Crippen molar-refractivity contribution in [3.05, 3.63) is 53.6 Å². The quantitative estimate of drug-likeness (QED) is 0.876. The second-order valence-corrected chi connectivity index (χ2v) is 5.06. The number of nitrogens with two attached hydrogens (primary N) is 1. The first-order chi connectivity index (χ1) is 10.0. The summed E-state index contributed by atoms with van der Waals surface area (Å²) in [4.78, 5) is 13.7. The van der Waals surface area contributed by atoms with E-state index in [1.807, 2.05) is 24.3 Å². The molecule has 0 aliphatic rings. The molecule has 110 valence electrons. The molecule has 4 heteroatoms. The van der Waals surface area contributed by atoms with Crippen LogP contribution < -0.4 is 10.5 Å². The molecule has 0 radical (unpaired) electrons. The minimum absolute atomic E-state index is 0.114. The van der Waals surface area contributed by atoms with Crippen LogP contribution in [0.2, 0.25) is 0 Å². The van der Waals surface area contributed by atoms with Crippen molar-refractivity contribution in [3.63, 3.8) is 0 Å². The summed E-state index contributed by atoms with van der Waals surface area (Å²) in [6, 6.07) is 12.9. The Morgan fingerprint density at radius 3 is 2.62 bits per heavy atom. The summed E-state index contributed by atoms with van der Waals surface area (Å²) in [6.07, 6.45) is 0.928. The van der Waals surface area contributed by atoms with Gasteiger partial charge >= 0.3 is 0 Å². The average Bonchev–Trinajstić information content (AvgIpc) is 2.47. The number of aryl methyl sites for hydroxylation is 1. The summed E-state index contributed by atoms with van der Waals surface area (Å²) in [5, 5.41) is 0. The fraction of sp³-hybridized carbons (Fsp3) is 0.235. The number of carbonyl (C=O) groups is 1. The predicted molar refractivity (Wildman–Crippen MR) is 84.8 cm³/mol. The molecule has 0 fully saturated rings. The van der Waals surface area contributed by atoms with Crippen molar-refractivity contribution in [2.75, 3.05) is 19.8 Å². The molecule has 1 amide bonds. The second-order valence-electron chi connectivity index (χ2n) is 5.06. The van der Waals surface area contributed by atoms with Crippen LogP contribution in [0.25, 0.3) is 0 Å². The first kappa shape index (κ1) is 14.9. The topological polar surface area (TPSA) is 55.6 Å². The number of ether oxygens (including phenoxy) is 1. The summed E-state index contributed by atoms with van der Waals surface area (Å²) >= 11 is 0. The van der Waals surface area contributed by atoms with Gasteiger partial charge in [0.05, 0.1) is 5.56 Å². The number of hydrogen-bond acceptors (Lipinski definition) is 3. The fourth-order valence-electron chi connectivity index (χ4n) is 2.00. The Bertz CT molecular complexity index is 651. The van der Waals surface area contributed by atoms with Gasteiger partial charge in [0, 0.05) is 25.8 Å². The van der Waals surface area contributed by atoms with Gasteiger partial charge in [-0.05, 0) is 36.2 Å². The van der Waals surface area contributed by atoms with Crippen molar-refractivity contribution in [1.29, 1.82) is 0 Å². The zero-order valence-corrected chi connectivity index (χ0v) is 12.6. The molecule has 2 N–H and O–H groups in total. The third-order valence-corrected chi connectivity index (χ3v) is 3.18. The van der Waals surface area contributed by atoms with Crippen molar-refractivity contribution >= 4 is 11.6 Å². The number of nitrogen functional groups attached to an aromatic ring is 1. The number of benzene rings is 2. The zero-order chi connectivity index (χ0) is 15.4. The normalized spacial score (nSPS) is 10.2. The van der Waals surface area contributed by atoms with Crippen molar-refractivity contribution in [2.45, 2.75) is 13.3 Å². The van der Waals surface area contributed by atoms with Crippen molar-refractivity contribution in [2.24, 2.45) is 0 Å². The van der Waals surface area contributed by atoms with Crippen LogP contribution in [0.3, 0.4) is 0 Å². The molecule has 0 saturated carbocycles. The maximum Gasteiger partial charge on any atom is 0.257 e. The zero-order valence-electron chi connectivity index (χ0n) is 12.6. The van der Waals surface area contributed by atoms with E-state index in [1.54, 1.807) is 32.3 Å². The summed E-state index contributed by atoms with van der Waals surface area (Å²) in [7, 11) is 3.42. The van der Waals surface area contributed by atoms with Gasteiger partial charge in [0.25, 0.3) is 5.91 Å². The number of amides is 1. The fourth-order valence-corrected chi connectivity index (χ4v) is 2.00. The SMILES string of the molecule is CCc1cccc(Oc2cc(N)ccc2C(=O)N(C)C)c1. The molecular formula is C17H20N2O2. The highest BCUT2D eigenvalue weighted by molar-refractivity contribution is 5.97. The van der Waals surface area contributed by atoms with E-state index >= 15 is 0 Å². The highest BCUT2D eigenvalue weighted by Gasteiger charge is 2.15. The van der Waals surface area contributed by atoms with Crippen molar-refractivity contribution in [1.82, 2.24) is 4.90 Å². The predicted octanol–water partition coefficient (Wildman–Crippen LogP) is 3.33. The van der Waals surface area contributed by atoms with Gasteiger partial charge in [0.1, 0.15) is 11.5 Å². The molecule has 2 aromatic carbocycles. The highest BCUT2D eigenvalue weighted by atomic mass is 16.5. The van der Waals surface area contributed by atoms with E-state index in [4.69, 9.17) is 10.5 Å². The maximum atomic E-state index is 12.2. The smallest absolute Gasteiger partial charge is 0.257 e. The molecule has 0 atom stereocenters. The maximum absolute atomic E-state index is 12.2. The molecule has 21 heavy (non-hydrogen) atoms. The van der Waals surface area contributed by atoms with E-state index in [9.17, 15) is 4.79 Å². The molecule has 0 heterocycles. The minimum Gasteiger partial charge on any atom is -0.456 e. The third kappa shape index (κ3) is 3.54. The number of carbonyl (C=O) groups excluding carboxylic acids is 1. The molecule has 2 rings (SSSR count).